The Bertz CT molecular complexity index is 652. The molecule has 0 aliphatic heterocycles. The lowest BCUT2D eigenvalue weighted by Crippen LogP contribution is -2.20. The molecule has 24 heavy (non-hydrogen) atoms. The molecule has 0 aromatic carbocycles. The van der Waals surface area contributed by atoms with Crippen molar-refractivity contribution in [2.45, 2.75) is 39.7 Å². The molecule has 5 heteroatoms. The van der Waals surface area contributed by atoms with Crippen molar-refractivity contribution >= 4 is 43.6 Å². The van der Waals surface area contributed by atoms with Crippen LogP contribution in [0.1, 0.15) is 33.6 Å². The molecular formula is C19H22Br2O3. The molecule has 0 heterocycles. The van der Waals surface area contributed by atoms with Gasteiger partial charge in [-0.15, -0.1) is 6.58 Å². The van der Waals surface area contributed by atoms with E-state index in [0.29, 0.717) is 6.42 Å². The van der Waals surface area contributed by atoms with E-state index in [1.807, 2.05) is 25.2 Å². The molecule has 1 unspecified atom stereocenters. The maximum absolute atomic E-state index is 12.6. The van der Waals surface area contributed by atoms with Gasteiger partial charge in [0.05, 0.1) is 15.7 Å². The summed E-state index contributed by atoms with van der Waals surface area (Å²) in [5, 5.41) is 0. The van der Waals surface area contributed by atoms with Gasteiger partial charge in [0.15, 0.2) is 5.78 Å². The molecular weight excluding hydrogens is 436 g/mol. The zero-order chi connectivity index (χ0) is 18.1. The Morgan fingerprint density at radius 1 is 1.42 bits per heavy atom. The van der Waals surface area contributed by atoms with Gasteiger partial charge in [-0.25, -0.2) is 0 Å². The molecule has 0 spiro atoms. The first-order chi connectivity index (χ1) is 11.2. The van der Waals surface area contributed by atoms with Crippen LogP contribution in [0, 0.1) is 17.3 Å². The van der Waals surface area contributed by atoms with Crippen LogP contribution in [-0.4, -0.2) is 17.9 Å². The molecule has 2 rings (SSSR count). The molecule has 0 bridgehead atoms. The van der Waals surface area contributed by atoms with E-state index in [0.717, 1.165) is 14.5 Å². The number of allylic oxidation sites excluding steroid dienone is 5. The highest BCUT2D eigenvalue weighted by atomic mass is 79.9. The summed E-state index contributed by atoms with van der Waals surface area (Å²) < 4.78 is 6.52. The van der Waals surface area contributed by atoms with E-state index in [1.165, 1.54) is 0 Å². The highest BCUT2D eigenvalue weighted by Gasteiger charge is 2.61. The van der Waals surface area contributed by atoms with Gasteiger partial charge in [-0.05, 0) is 68.2 Å². The predicted molar refractivity (Wildman–Crippen MR) is 103 cm³/mol. The Balaban J connectivity index is 2.03. The molecule has 0 radical (unpaired) electrons. The topological polar surface area (TPSA) is 43.4 Å². The van der Waals surface area contributed by atoms with Crippen LogP contribution in [0.3, 0.4) is 0 Å². The van der Waals surface area contributed by atoms with E-state index in [4.69, 9.17) is 4.74 Å². The molecule has 0 aromatic heterocycles. The van der Waals surface area contributed by atoms with Gasteiger partial charge in [0, 0.05) is 5.57 Å². The number of carbonyl (C=O) groups excluding carboxylic acids is 2. The first-order valence-electron chi connectivity index (χ1n) is 7.93. The Labute approximate surface area is 160 Å². The van der Waals surface area contributed by atoms with Gasteiger partial charge in [-0.1, -0.05) is 32.1 Å². The number of hydrogen-bond donors (Lipinski definition) is 0. The third-order valence-electron chi connectivity index (χ3n) is 4.98. The molecule has 0 saturated heterocycles. The highest BCUT2D eigenvalue weighted by Crippen LogP contribution is 2.59. The van der Waals surface area contributed by atoms with Gasteiger partial charge in [-0.2, -0.15) is 0 Å². The van der Waals surface area contributed by atoms with Gasteiger partial charge in [0.1, 0.15) is 6.10 Å². The van der Waals surface area contributed by atoms with E-state index >= 15 is 0 Å². The summed E-state index contributed by atoms with van der Waals surface area (Å²) in [6.45, 7) is 9.67. The van der Waals surface area contributed by atoms with Gasteiger partial charge < -0.3 is 4.74 Å². The predicted octanol–water partition coefficient (Wildman–Crippen LogP) is 5.22. The van der Waals surface area contributed by atoms with E-state index in [1.54, 1.807) is 6.08 Å². The number of halogens is 2. The second-order valence-electron chi connectivity index (χ2n) is 6.87. The molecule has 0 aromatic rings. The van der Waals surface area contributed by atoms with Crippen LogP contribution in [0.5, 0.6) is 0 Å². The van der Waals surface area contributed by atoms with Crippen LogP contribution in [0.4, 0.5) is 0 Å². The fourth-order valence-electron chi connectivity index (χ4n) is 3.36. The number of ether oxygens (including phenoxy) is 1. The minimum atomic E-state index is -0.419. The van der Waals surface area contributed by atoms with Crippen molar-refractivity contribution in [3.8, 4) is 0 Å². The van der Waals surface area contributed by atoms with Crippen LogP contribution in [0.2, 0.25) is 0 Å². The summed E-state index contributed by atoms with van der Waals surface area (Å²) >= 11 is 6.59. The van der Waals surface area contributed by atoms with Crippen LogP contribution >= 0.6 is 31.9 Å². The zero-order valence-electron chi connectivity index (χ0n) is 14.1. The van der Waals surface area contributed by atoms with Gasteiger partial charge in [0.2, 0.25) is 0 Å². The summed E-state index contributed by atoms with van der Waals surface area (Å²) in [5.41, 5.74) is 1.48. The maximum atomic E-state index is 12.6. The third-order valence-corrected chi connectivity index (χ3v) is 5.51. The Morgan fingerprint density at radius 3 is 2.67 bits per heavy atom. The Hall–Kier alpha value is -0.940. The molecule has 3 nitrogen and oxygen atoms in total. The van der Waals surface area contributed by atoms with Crippen LogP contribution in [0.25, 0.3) is 0 Å². The minimum absolute atomic E-state index is 0.0593. The number of ketones is 1. The van der Waals surface area contributed by atoms with Crippen LogP contribution < -0.4 is 0 Å². The molecule has 0 N–H and O–H groups in total. The zero-order valence-corrected chi connectivity index (χ0v) is 17.3. The lowest BCUT2D eigenvalue weighted by Gasteiger charge is -2.13. The molecule has 0 amide bonds. The van der Waals surface area contributed by atoms with Crippen molar-refractivity contribution in [2.75, 3.05) is 0 Å². The normalized spacial score (nSPS) is 28.2. The van der Waals surface area contributed by atoms with Gasteiger partial charge >= 0.3 is 5.97 Å². The third kappa shape index (κ3) is 3.99. The lowest BCUT2D eigenvalue weighted by atomic mass is 10.1. The number of carbonyl (C=O) groups is 2. The van der Waals surface area contributed by atoms with Crippen molar-refractivity contribution in [1.29, 1.82) is 0 Å². The summed E-state index contributed by atoms with van der Waals surface area (Å²) in [5.74, 6) is -0.171. The van der Waals surface area contributed by atoms with Crippen molar-refractivity contribution in [1.82, 2.24) is 0 Å². The number of Topliss-reactive ketones (excluding diaryl/α,β-unsaturated/α-hetero) is 1. The molecule has 3 atom stereocenters. The van der Waals surface area contributed by atoms with E-state index < -0.39 is 6.10 Å². The van der Waals surface area contributed by atoms with E-state index in [2.05, 4.69) is 52.3 Å². The standard InChI is InChI=1S/C19H22Br2O3/c1-5-7-12-11(2)15(10-14(12)22)24-18(23)17-13(19(17,3)4)8-6-9-16(20)21/h5-6,8-9,13,15,17H,1,7,10H2,2-4H3/t13-,15?,17-/m0/s1. The maximum Gasteiger partial charge on any atom is 0.310 e. The second-order valence-corrected chi connectivity index (χ2v) is 9.65. The fraction of sp³-hybridized carbons (Fsp3) is 0.474. The van der Waals surface area contributed by atoms with Crippen molar-refractivity contribution in [2.24, 2.45) is 17.3 Å². The van der Waals surface area contributed by atoms with Crippen LogP contribution in [-0.2, 0) is 14.3 Å². The average molecular weight is 458 g/mol. The fourth-order valence-corrected chi connectivity index (χ4v) is 3.66. The quantitative estimate of drug-likeness (QED) is 0.312. The summed E-state index contributed by atoms with van der Waals surface area (Å²) in [4.78, 5) is 24.6. The SMILES string of the molecule is C=CCC1=C(C)C(OC(=O)[C@@H]2[C@H](C=CC=C(Br)Br)C2(C)C)CC1=O. The van der Waals surface area contributed by atoms with Gasteiger partial charge in [-0.3, -0.25) is 9.59 Å². The lowest BCUT2D eigenvalue weighted by molar-refractivity contribution is -0.150. The van der Waals surface area contributed by atoms with Crippen molar-refractivity contribution in [3.63, 3.8) is 0 Å². The second kappa shape index (κ2) is 7.52. The van der Waals surface area contributed by atoms with Crippen molar-refractivity contribution < 1.29 is 14.3 Å². The number of rotatable bonds is 6. The van der Waals surface area contributed by atoms with Crippen molar-refractivity contribution in [3.05, 3.63) is 45.4 Å². The van der Waals surface area contributed by atoms with E-state index in [-0.39, 0.29) is 35.4 Å². The molecule has 2 aliphatic carbocycles. The molecule has 2 aliphatic rings. The smallest absolute Gasteiger partial charge is 0.310 e. The molecule has 1 fully saturated rings. The number of esters is 1. The molecule has 130 valence electrons. The Morgan fingerprint density at radius 2 is 2.08 bits per heavy atom. The summed E-state index contributed by atoms with van der Waals surface area (Å²) in [6, 6.07) is 0. The van der Waals surface area contributed by atoms with E-state index in [9.17, 15) is 9.59 Å². The Kier molecular flexibility index (Phi) is 6.08. The van der Waals surface area contributed by atoms with Gasteiger partial charge in [0.25, 0.3) is 0 Å². The first-order valence-corrected chi connectivity index (χ1v) is 9.52. The molecule has 1 saturated carbocycles. The minimum Gasteiger partial charge on any atom is -0.457 e. The number of hydrogen-bond acceptors (Lipinski definition) is 3. The largest absolute Gasteiger partial charge is 0.457 e. The average Bonchev–Trinajstić information content (AvgIpc) is 2.93. The summed E-state index contributed by atoms with van der Waals surface area (Å²) in [6.07, 6.45) is 7.91. The first kappa shape index (κ1) is 19.4. The highest BCUT2D eigenvalue weighted by molar-refractivity contribution is 9.28. The monoisotopic (exact) mass is 456 g/mol. The summed E-state index contributed by atoms with van der Waals surface area (Å²) in [7, 11) is 0. The van der Waals surface area contributed by atoms with Crippen LogP contribution in [0.15, 0.2) is 45.4 Å².